The first-order valence-electron chi connectivity index (χ1n) is 8.92. The molecule has 3 rings (SSSR count). The van der Waals surface area contributed by atoms with Gasteiger partial charge in [-0.3, -0.25) is 4.79 Å². The van der Waals surface area contributed by atoms with E-state index in [2.05, 4.69) is 10.6 Å². The number of halogens is 2. The number of hydrogen-bond acceptors (Lipinski definition) is 4. The second-order valence-electron chi connectivity index (χ2n) is 6.47. The second kappa shape index (κ2) is 8.76. The van der Waals surface area contributed by atoms with Crippen molar-refractivity contribution >= 4 is 17.6 Å². The summed E-state index contributed by atoms with van der Waals surface area (Å²) in [6.45, 7) is 0.624. The van der Waals surface area contributed by atoms with Gasteiger partial charge >= 0.3 is 6.03 Å². The molecule has 0 bridgehead atoms. The van der Waals surface area contributed by atoms with Crippen molar-refractivity contribution in [1.29, 1.82) is 0 Å². The average Bonchev–Trinajstić information content (AvgIpc) is 2.72. The van der Waals surface area contributed by atoms with Crippen LogP contribution in [-0.2, 0) is 17.8 Å². The quantitative estimate of drug-likeness (QED) is 0.802. The number of urea groups is 1. The molecule has 0 fully saturated rings. The van der Waals surface area contributed by atoms with E-state index in [1.807, 2.05) is 12.1 Å². The number of amides is 3. The third-order valence-electron chi connectivity index (χ3n) is 4.65. The monoisotopic (exact) mass is 405 g/mol. The molecule has 0 aromatic heterocycles. The fourth-order valence-corrected chi connectivity index (χ4v) is 3.12. The summed E-state index contributed by atoms with van der Waals surface area (Å²) in [5.41, 5.74) is 1.84. The van der Waals surface area contributed by atoms with E-state index in [9.17, 15) is 18.4 Å². The van der Waals surface area contributed by atoms with Crippen LogP contribution in [0, 0.1) is 11.6 Å². The molecule has 0 atom stereocenters. The maximum absolute atomic E-state index is 13.6. The first-order valence-corrected chi connectivity index (χ1v) is 8.92. The molecule has 154 valence electrons. The number of carbonyl (C=O) groups excluding carboxylic acids is 2. The molecule has 2 aromatic rings. The third-order valence-corrected chi connectivity index (χ3v) is 4.65. The summed E-state index contributed by atoms with van der Waals surface area (Å²) in [6.07, 6.45) is 0.647. The summed E-state index contributed by atoms with van der Waals surface area (Å²) in [5, 5.41) is 4.63. The number of benzene rings is 2. The number of fused-ring (bicyclic) bond motifs is 1. The molecule has 9 heteroatoms. The number of anilines is 1. The molecule has 3 amide bonds. The Bertz CT molecular complexity index is 936. The maximum atomic E-state index is 13.6. The van der Waals surface area contributed by atoms with E-state index < -0.39 is 17.7 Å². The fraction of sp³-hybridized carbons (Fsp3) is 0.300. The first kappa shape index (κ1) is 20.4. The number of nitrogens with zero attached hydrogens (tertiary/aromatic N) is 1. The smallest absolute Gasteiger partial charge is 0.319 e. The van der Waals surface area contributed by atoms with Crippen LogP contribution in [0.15, 0.2) is 30.3 Å². The van der Waals surface area contributed by atoms with E-state index in [-0.39, 0.29) is 18.1 Å². The fourth-order valence-electron chi connectivity index (χ4n) is 3.12. The predicted octanol–water partition coefficient (Wildman–Crippen LogP) is 2.69. The van der Waals surface area contributed by atoms with E-state index in [1.54, 1.807) is 19.1 Å². The predicted molar refractivity (Wildman–Crippen MR) is 102 cm³/mol. The van der Waals surface area contributed by atoms with E-state index in [4.69, 9.17) is 9.47 Å². The molecule has 0 saturated heterocycles. The number of carbonyl (C=O) groups is 2. The number of ether oxygens (including phenoxy) is 2. The van der Waals surface area contributed by atoms with Gasteiger partial charge in [0.05, 0.1) is 26.5 Å². The molecule has 0 spiro atoms. The van der Waals surface area contributed by atoms with Gasteiger partial charge in [-0.2, -0.15) is 0 Å². The van der Waals surface area contributed by atoms with Crippen LogP contribution in [-0.4, -0.2) is 44.1 Å². The SMILES string of the molecule is COc1cc2c(cc1OC)CN(C(=O)CNC(=O)Nc1ccc(F)cc1F)CC2. The molecule has 0 radical (unpaired) electrons. The van der Waals surface area contributed by atoms with Gasteiger partial charge in [0.25, 0.3) is 0 Å². The molecular weight excluding hydrogens is 384 g/mol. The normalized spacial score (nSPS) is 12.8. The summed E-state index contributed by atoms with van der Waals surface area (Å²) in [7, 11) is 3.11. The summed E-state index contributed by atoms with van der Waals surface area (Å²) in [6, 6.07) is 5.78. The van der Waals surface area contributed by atoms with E-state index in [1.165, 1.54) is 0 Å². The highest BCUT2D eigenvalue weighted by Gasteiger charge is 2.23. The van der Waals surface area contributed by atoms with Gasteiger partial charge in [-0.25, -0.2) is 13.6 Å². The van der Waals surface area contributed by atoms with Gasteiger partial charge in [-0.15, -0.1) is 0 Å². The highest BCUT2D eigenvalue weighted by Crippen LogP contribution is 2.33. The Morgan fingerprint density at radius 1 is 1.07 bits per heavy atom. The number of methoxy groups -OCH3 is 2. The van der Waals surface area contributed by atoms with Crippen molar-refractivity contribution in [3.8, 4) is 11.5 Å². The minimum absolute atomic E-state index is 0.177. The van der Waals surface area contributed by atoms with Gasteiger partial charge in [0.15, 0.2) is 11.5 Å². The summed E-state index contributed by atoms with van der Waals surface area (Å²) in [4.78, 5) is 26.0. The van der Waals surface area contributed by atoms with Crippen LogP contribution < -0.4 is 20.1 Å². The van der Waals surface area contributed by atoms with Gasteiger partial charge in [0.2, 0.25) is 5.91 Å². The Morgan fingerprint density at radius 2 is 1.76 bits per heavy atom. The standard InChI is InChI=1S/C20H21F2N3O4/c1-28-17-7-12-5-6-25(11-13(12)8-18(17)29-2)19(26)10-23-20(27)24-16-4-3-14(21)9-15(16)22/h3-4,7-9H,5-6,10-11H2,1-2H3,(H2,23,24,27). The Kier molecular flexibility index (Phi) is 6.16. The molecular formula is C20H21F2N3O4. The molecule has 7 nitrogen and oxygen atoms in total. The Morgan fingerprint density at radius 3 is 2.41 bits per heavy atom. The Hall–Kier alpha value is -3.36. The molecule has 29 heavy (non-hydrogen) atoms. The maximum Gasteiger partial charge on any atom is 0.319 e. The summed E-state index contributed by atoms with van der Waals surface area (Å²) in [5.74, 6) is -0.705. The van der Waals surface area contributed by atoms with Crippen LogP contribution >= 0.6 is 0 Å². The topological polar surface area (TPSA) is 79.9 Å². The highest BCUT2D eigenvalue weighted by atomic mass is 19.1. The van der Waals surface area contributed by atoms with E-state index >= 15 is 0 Å². The molecule has 2 aromatic carbocycles. The van der Waals surface area contributed by atoms with Gasteiger partial charge in [-0.05, 0) is 41.8 Å². The van der Waals surface area contributed by atoms with Crippen LogP contribution in [0.3, 0.4) is 0 Å². The zero-order chi connectivity index (χ0) is 21.0. The minimum Gasteiger partial charge on any atom is -0.493 e. The van der Waals surface area contributed by atoms with Crippen LogP contribution in [0.5, 0.6) is 11.5 Å². The van der Waals surface area contributed by atoms with Crippen LogP contribution in [0.2, 0.25) is 0 Å². The highest BCUT2D eigenvalue weighted by molar-refractivity contribution is 5.92. The minimum atomic E-state index is -0.900. The van der Waals surface area contributed by atoms with Crippen molar-refractivity contribution in [2.75, 3.05) is 32.6 Å². The molecule has 0 saturated carbocycles. The largest absolute Gasteiger partial charge is 0.493 e. The lowest BCUT2D eigenvalue weighted by Gasteiger charge is -2.29. The zero-order valence-electron chi connectivity index (χ0n) is 16.1. The zero-order valence-corrected chi connectivity index (χ0v) is 16.1. The second-order valence-corrected chi connectivity index (χ2v) is 6.47. The summed E-state index contributed by atoms with van der Waals surface area (Å²) >= 11 is 0. The van der Waals surface area contributed by atoms with Crippen molar-refractivity contribution in [3.05, 3.63) is 53.1 Å². The van der Waals surface area contributed by atoms with Gasteiger partial charge < -0.3 is 25.0 Å². The van der Waals surface area contributed by atoms with Crippen molar-refractivity contribution in [2.24, 2.45) is 0 Å². The van der Waals surface area contributed by atoms with Gasteiger partial charge in [0.1, 0.15) is 11.6 Å². The molecule has 0 aliphatic carbocycles. The van der Waals surface area contributed by atoms with E-state index in [0.717, 1.165) is 23.3 Å². The summed E-state index contributed by atoms with van der Waals surface area (Å²) < 4.78 is 37.1. The van der Waals surface area contributed by atoms with Crippen LogP contribution in [0.25, 0.3) is 0 Å². The molecule has 1 aliphatic rings. The van der Waals surface area contributed by atoms with Gasteiger partial charge in [0, 0.05) is 19.2 Å². The first-order chi connectivity index (χ1) is 13.9. The van der Waals surface area contributed by atoms with E-state index in [0.29, 0.717) is 37.1 Å². The number of hydrogen-bond donors (Lipinski definition) is 2. The van der Waals surface area contributed by atoms with Gasteiger partial charge in [-0.1, -0.05) is 0 Å². The van der Waals surface area contributed by atoms with Crippen molar-refractivity contribution < 1.29 is 27.8 Å². The number of nitrogens with one attached hydrogen (secondary N) is 2. The molecule has 0 unspecified atom stereocenters. The lowest BCUT2D eigenvalue weighted by Crippen LogP contribution is -2.43. The Balaban J connectivity index is 1.57. The van der Waals surface area contributed by atoms with Crippen LogP contribution in [0.1, 0.15) is 11.1 Å². The number of rotatable bonds is 5. The van der Waals surface area contributed by atoms with Crippen molar-refractivity contribution in [2.45, 2.75) is 13.0 Å². The molecule has 1 heterocycles. The average molecular weight is 405 g/mol. The Labute approximate surface area is 166 Å². The van der Waals surface area contributed by atoms with Crippen molar-refractivity contribution in [3.63, 3.8) is 0 Å². The molecule has 1 aliphatic heterocycles. The lowest BCUT2D eigenvalue weighted by molar-refractivity contribution is -0.130. The third kappa shape index (κ3) is 4.74. The van der Waals surface area contributed by atoms with Crippen LogP contribution in [0.4, 0.5) is 19.3 Å². The van der Waals surface area contributed by atoms with Crippen molar-refractivity contribution in [1.82, 2.24) is 10.2 Å². The molecule has 2 N–H and O–H groups in total. The lowest BCUT2D eigenvalue weighted by atomic mass is 9.98.